The van der Waals surface area contributed by atoms with Crippen molar-refractivity contribution in [2.45, 2.75) is 26.8 Å². The number of aryl methyl sites for hydroxylation is 1. The third kappa shape index (κ3) is 3.93. The molecule has 2 heterocycles. The quantitative estimate of drug-likeness (QED) is 0.611. The van der Waals surface area contributed by atoms with Crippen molar-refractivity contribution >= 4 is 29.0 Å². The van der Waals surface area contributed by atoms with Gasteiger partial charge in [-0.15, -0.1) is 0 Å². The second-order valence-electron chi connectivity index (χ2n) is 7.16. The number of carbonyl (C=O) groups excluding carboxylic acids is 2. The van der Waals surface area contributed by atoms with Crippen LogP contribution < -0.4 is 4.90 Å². The molecule has 0 radical (unpaired) electrons. The number of carbonyl (C=O) groups is 2. The molecular weight excluding hydrogens is 378 g/mol. The zero-order valence-corrected chi connectivity index (χ0v) is 17.5. The van der Waals surface area contributed by atoms with Crippen LogP contribution >= 0.6 is 11.6 Å². The number of hydrogen-bond acceptors (Lipinski definition) is 5. The van der Waals surface area contributed by atoms with Gasteiger partial charge in [0, 0.05) is 42.6 Å². The Hall–Kier alpha value is -2.31. The van der Waals surface area contributed by atoms with Gasteiger partial charge in [-0.25, -0.2) is 4.79 Å². The van der Waals surface area contributed by atoms with Gasteiger partial charge in [0.25, 0.3) is 0 Å². The van der Waals surface area contributed by atoms with Gasteiger partial charge in [0.15, 0.2) is 5.78 Å². The summed E-state index contributed by atoms with van der Waals surface area (Å²) in [6, 6.07) is 7.56. The van der Waals surface area contributed by atoms with Crippen LogP contribution in [0.15, 0.2) is 24.3 Å². The fourth-order valence-corrected chi connectivity index (χ4v) is 4.00. The molecule has 0 saturated carbocycles. The lowest BCUT2D eigenvalue weighted by Crippen LogP contribution is -2.51. The molecule has 1 aliphatic rings. The first-order chi connectivity index (χ1) is 13.3. The number of nitrogens with one attached hydrogen (secondary N) is 1. The molecule has 28 heavy (non-hydrogen) atoms. The number of aromatic amines is 1. The first-order valence-corrected chi connectivity index (χ1v) is 9.77. The number of benzene rings is 1. The molecule has 0 amide bonds. The van der Waals surface area contributed by atoms with Crippen LogP contribution in [0.3, 0.4) is 0 Å². The highest BCUT2D eigenvalue weighted by molar-refractivity contribution is 6.30. The number of esters is 1. The van der Waals surface area contributed by atoms with E-state index in [1.165, 1.54) is 7.11 Å². The molecule has 0 spiro atoms. The van der Waals surface area contributed by atoms with Gasteiger partial charge in [-0.3, -0.25) is 9.69 Å². The summed E-state index contributed by atoms with van der Waals surface area (Å²) in [4.78, 5) is 32.6. The number of Topliss-reactive ketones (excluding diaryl/α,β-unsaturated/α-hetero) is 1. The molecule has 1 N–H and O–H groups in total. The molecule has 0 bridgehead atoms. The van der Waals surface area contributed by atoms with Gasteiger partial charge in [-0.1, -0.05) is 17.7 Å². The van der Waals surface area contributed by atoms with Crippen LogP contribution in [0.5, 0.6) is 0 Å². The summed E-state index contributed by atoms with van der Waals surface area (Å²) in [6.07, 6.45) is 0. The summed E-state index contributed by atoms with van der Waals surface area (Å²) in [7, 11) is 1.34. The van der Waals surface area contributed by atoms with E-state index in [2.05, 4.69) is 20.9 Å². The van der Waals surface area contributed by atoms with Crippen LogP contribution in [-0.2, 0) is 4.74 Å². The number of halogens is 1. The number of ether oxygens (including phenoxy) is 1. The number of H-pyrrole nitrogens is 1. The number of methoxy groups -OCH3 is 1. The van der Waals surface area contributed by atoms with Crippen LogP contribution in [0.1, 0.15) is 39.0 Å². The highest BCUT2D eigenvalue weighted by Crippen LogP contribution is 2.24. The molecule has 1 saturated heterocycles. The molecule has 0 unspecified atom stereocenters. The minimum absolute atomic E-state index is 0.00745. The topological polar surface area (TPSA) is 65.6 Å². The molecule has 1 fully saturated rings. The van der Waals surface area contributed by atoms with E-state index in [-0.39, 0.29) is 11.8 Å². The fraction of sp³-hybridized carbons (Fsp3) is 0.429. The smallest absolute Gasteiger partial charge is 0.339 e. The number of piperazine rings is 1. The SMILES string of the molecule is COC(=O)c1c(C)[nH]c(C(=O)[C@@H](C)N2CCN(c3cccc(Cl)c3)CC2)c1C. The Kier molecular flexibility index (Phi) is 6.10. The van der Waals surface area contributed by atoms with Crippen molar-refractivity contribution in [3.63, 3.8) is 0 Å². The maximum Gasteiger partial charge on any atom is 0.339 e. The highest BCUT2D eigenvalue weighted by atomic mass is 35.5. The van der Waals surface area contributed by atoms with E-state index in [9.17, 15) is 9.59 Å². The van der Waals surface area contributed by atoms with Crippen molar-refractivity contribution in [2.75, 3.05) is 38.2 Å². The van der Waals surface area contributed by atoms with Gasteiger partial charge in [-0.05, 0) is 44.5 Å². The van der Waals surface area contributed by atoms with Crippen molar-refractivity contribution in [1.29, 1.82) is 0 Å². The largest absolute Gasteiger partial charge is 0.465 e. The second kappa shape index (κ2) is 8.37. The molecule has 1 aromatic heterocycles. The van der Waals surface area contributed by atoms with Crippen LogP contribution in [-0.4, -0.2) is 61.0 Å². The molecule has 7 heteroatoms. The van der Waals surface area contributed by atoms with E-state index < -0.39 is 5.97 Å². The van der Waals surface area contributed by atoms with Gasteiger partial charge in [-0.2, -0.15) is 0 Å². The lowest BCUT2D eigenvalue weighted by Gasteiger charge is -2.38. The lowest BCUT2D eigenvalue weighted by molar-refractivity contribution is 0.0599. The normalized spacial score (nSPS) is 16.1. The molecule has 1 aliphatic heterocycles. The van der Waals surface area contributed by atoms with E-state index in [1.54, 1.807) is 13.8 Å². The minimum atomic E-state index is -0.423. The van der Waals surface area contributed by atoms with Crippen LogP contribution in [0.25, 0.3) is 0 Å². The maximum absolute atomic E-state index is 13.1. The van der Waals surface area contributed by atoms with Gasteiger partial charge in [0.1, 0.15) is 0 Å². The Bertz CT molecular complexity index is 885. The molecule has 3 rings (SSSR count). The second-order valence-corrected chi connectivity index (χ2v) is 7.60. The van der Waals surface area contributed by atoms with E-state index in [0.717, 1.165) is 36.9 Å². The molecule has 6 nitrogen and oxygen atoms in total. The number of anilines is 1. The summed E-state index contributed by atoms with van der Waals surface area (Å²) in [5.74, 6) is -0.431. The van der Waals surface area contributed by atoms with Gasteiger partial charge in [0.05, 0.1) is 24.4 Å². The van der Waals surface area contributed by atoms with Crippen LogP contribution in [0.4, 0.5) is 5.69 Å². The van der Waals surface area contributed by atoms with E-state index >= 15 is 0 Å². The summed E-state index contributed by atoms with van der Waals surface area (Å²) in [6.45, 7) is 8.70. The predicted molar refractivity (Wildman–Crippen MR) is 111 cm³/mol. The molecule has 1 atom stereocenters. The number of nitrogens with zero attached hydrogens (tertiary/aromatic N) is 2. The molecule has 1 aromatic carbocycles. The first kappa shape index (κ1) is 20.4. The Morgan fingerprint density at radius 1 is 1.18 bits per heavy atom. The zero-order chi connectivity index (χ0) is 20.4. The molecule has 0 aliphatic carbocycles. The number of aromatic nitrogens is 1. The Morgan fingerprint density at radius 2 is 1.86 bits per heavy atom. The summed E-state index contributed by atoms with van der Waals surface area (Å²) >= 11 is 6.10. The monoisotopic (exact) mass is 403 g/mol. The third-order valence-electron chi connectivity index (χ3n) is 5.49. The third-order valence-corrected chi connectivity index (χ3v) is 5.72. The number of rotatable bonds is 5. The lowest BCUT2D eigenvalue weighted by atomic mass is 10.0. The summed E-state index contributed by atoms with van der Waals surface area (Å²) < 4.78 is 4.83. The van der Waals surface area contributed by atoms with Crippen molar-refractivity contribution in [3.05, 3.63) is 51.8 Å². The molecule has 2 aromatic rings. The van der Waals surface area contributed by atoms with E-state index in [0.29, 0.717) is 22.5 Å². The van der Waals surface area contributed by atoms with Crippen molar-refractivity contribution in [2.24, 2.45) is 0 Å². The van der Waals surface area contributed by atoms with Gasteiger partial charge < -0.3 is 14.6 Å². The van der Waals surface area contributed by atoms with Crippen molar-refractivity contribution < 1.29 is 14.3 Å². The van der Waals surface area contributed by atoms with Crippen molar-refractivity contribution in [3.8, 4) is 0 Å². The fourth-order valence-electron chi connectivity index (χ4n) is 3.82. The average Bonchev–Trinajstić information content (AvgIpc) is 3.00. The molecule has 150 valence electrons. The van der Waals surface area contributed by atoms with E-state index in [4.69, 9.17) is 16.3 Å². The molecular formula is C21H26ClN3O3. The summed E-state index contributed by atoms with van der Waals surface area (Å²) in [5, 5.41) is 0.725. The van der Waals surface area contributed by atoms with Crippen molar-refractivity contribution in [1.82, 2.24) is 9.88 Å². The van der Waals surface area contributed by atoms with Crippen LogP contribution in [0, 0.1) is 13.8 Å². The average molecular weight is 404 g/mol. The predicted octanol–water partition coefficient (Wildman–Crippen LogP) is 3.46. The van der Waals surface area contributed by atoms with Gasteiger partial charge >= 0.3 is 5.97 Å². The standard InChI is InChI=1S/C21H26ClN3O3/c1-13-18(21(27)28-4)14(2)23-19(13)20(26)15(3)24-8-10-25(11-9-24)17-7-5-6-16(22)12-17/h5-7,12,15,23H,8-11H2,1-4H3/t15-/m1/s1. The Morgan fingerprint density at radius 3 is 2.46 bits per heavy atom. The Labute approximate surface area is 170 Å². The number of ketones is 1. The zero-order valence-electron chi connectivity index (χ0n) is 16.7. The minimum Gasteiger partial charge on any atom is -0.465 e. The van der Waals surface area contributed by atoms with E-state index in [1.807, 2.05) is 25.1 Å². The number of hydrogen-bond donors (Lipinski definition) is 1. The Balaban J connectivity index is 1.69. The summed E-state index contributed by atoms with van der Waals surface area (Å²) in [5.41, 5.74) is 3.35. The highest BCUT2D eigenvalue weighted by Gasteiger charge is 2.30. The maximum atomic E-state index is 13.1. The van der Waals surface area contributed by atoms with Gasteiger partial charge in [0.2, 0.25) is 0 Å². The first-order valence-electron chi connectivity index (χ1n) is 9.39. The van der Waals surface area contributed by atoms with Crippen LogP contribution in [0.2, 0.25) is 5.02 Å².